The van der Waals surface area contributed by atoms with Crippen molar-refractivity contribution in [3.8, 4) is 44.5 Å². The molecule has 2 aliphatic carbocycles. The van der Waals surface area contributed by atoms with E-state index in [1.54, 1.807) is 0 Å². The normalized spacial score (nSPS) is 15.3. The van der Waals surface area contributed by atoms with Gasteiger partial charge in [-0.3, -0.25) is 0 Å². The molecule has 0 saturated heterocycles. The Hall–Kier alpha value is -5.66. The number of nitrogens with zero attached hydrogens (tertiary/aromatic N) is 1. The van der Waals surface area contributed by atoms with Gasteiger partial charge in [0, 0.05) is 22.4 Å². The van der Waals surface area contributed by atoms with Gasteiger partial charge in [0.15, 0.2) is 0 Å². The van der Waals surface area contributed by atoms with E-state index in [0.717, 1.165) is 0 Å². The molecule has 0 unspecified atom stereocenters. The van der Waals surface area contributed by atoms with Gasteiger partial charge in [0.25, 0.3) is 0 Å². The van der Waals surface area contributed by atoms with Crippen LogP contribution >= 0.6 is 0 Å². The van der Waals surface area contributed by atoms with Gasteiger partial charge < -0.3 is 4.90 Å². The molecule has 0 spiro atoms. The Labute approximate surface area is 411 Å². The van der Waals surface area contributed by atoms with Crippen LogP contribution in [0.25, 0.3) is 44.5 Å². The molecule has 0 N–H and O–H groups in total. The fraction of sp³-hybridized carbons (Fsp3) is 0.373. The average Bonchev–Trinajstić information content (AvgIpc) is 3.53. The Morgan fingerprint density at radius 3 is 1.54 bits per heavy atom. The van der Waals surface area contributed by atoms with Crippen LogP contribution in [0.5, 0.6) is 0 Å². The maximum Gasteiger partial charge on any atom is 0.0549 e. The predicted molar refractivity (Wildman–Crippen MR) is 296 cm³/mol. The highest BCUT2D eigenvalue weighted by atomic mass is 15.1. The molecular formula is C67H77N. The van der Waals surface area contributed by atoms with Crippen molar-refractivity contribution < 1.29 is 0 Å². The molecule has 0 aromatic heterocycles. The monoisotopic (exact) mass is 896 g/mol. The van der Waals surface area contributed by atoms with E-state index in [2.05, 4.69) is 247 Å². The third-order valence-electron chi connectivity index (χ3n) is 15.4. The van der Waals surface area contributed by atoms with Gasteiger partial charge in [0.05, 0.1) is 5.69 Å². The van der Waals surface area contributed by atoms with E-state index < -0.39 is 0 Å². The van der Waals surface area contributed by atoms with E-state index in [1.807, 2.05) is 0 Å². The molecule has 0 radical (unpaired) electrons. The van der Waals surface area contributed by atoms with Crippen molar-refractivity contribution in [2.45, 2.75) is 162 Å². The molecule has 1 nitrogen and oxygen atoms in total. The van der Waals surface area contributed by atoms with Gasteiger partial charge in [-0.2, -0.15) is 0 Å². The van der Waals surface area contributed by atoms with Crippen molar-refractivity contribution in [1.29, 1.82) is 0 Å². The first kappa shape index (κ1) is 47.4. The first-order valence-electron chi connectivity index (χ1n) is 25.7. The average molecular weight is 896 g/mol. The summed E-state index contributed by atoms with van der Waals surface area (Å²) in [5.41, 5.74) is 23.3. The van der Waals surface area contributed by atoms with Crippen molar-refractivity contribution in [3.63, 3.8) is 0 Å². The molecule has 0 heterocycles. The lowest BCUT2D eigenvalue weighted by molar-refractivity contribution is 0.444. The minimum atomic E-state index is -0.141. The number of fused-ring (bicyclic) bond motifs is 3. The fourth-order valence-electron chi connectivity index (χ4n) is 11.1. The summed E-state index contributed by atoms with van der Waals surface area (Å²) in [5, 5.41) is 0. The minimum absolute atomic E-state index is 0.00380. The van der Waals surface area contributed by atoms with Crippen LogP contribution in [0.3, 0.4) is 0 Å². The smallest absolute Gasteiger partial charge is 0.0549 e. The Morgan fingerprint density at radius 1 is 0.397 bits per heavy atom. The van der Waals surface area contributed by atoms with Crippen LogP contribution in [0.2, 0.25) is 0 Å². The lowest BCUT2D eigenvalue weighted by Gasteiger charge is -2.35. The zero-order valence-corrected chi connectivity index (χ0v) is 43.9. The van der Waals surface area contributed by atoms with Crippen LogP contribution in [0.15, 0.2) is 146 Å². The second-order valence-corrected chi connectivity index (χ2v) is 25.0. The highest BCUT2D eigenvalue weighted by Crippen LogP contribution is 2.54. The van der Waals surface area contributed by atoms with Gasteiger partial charge >= 0.3 is 0 Å². The van der Waals surface area contributed by atoms with Crippen molar-refractivity contribution in [1.82, 2.24) is 0 Å². The highest BCUT2D eigenvalue weighted by Gasteiger charge is 2.37. The van der Waals surface area contributed by atoms with E-state index in [9.17, 15) is 0 Å². The standard InChI is InChI=1S/C67H77N/c1-63(2,3)49-36-46(47-37-50(64(4,5)6)40-51(38-47)65(7,8)9)35-48(39-49)57-41-52(66(10,11)12)42-61(62(57)45-27-19-16-20-28-45)68(60-32-24-22-29-54(60)44-25-17-15-18-26-44)53-33-34-56-55-30-21-23-31-58(55)67(13,14)59(56)43-53/h16,19-24,27-44H,15,17-18,25-26H2,1-14H3. The van der Waals surface area contributed by atoms with Gasteiger partial charge in [-0.05, 0) is 155 Å². The fourth-order valence-corrected chi connectivity index (χ4v) is 11.1. The number of hydrogen-bond acceptors (Lipinski definition) is 1. The van der Waals surface area contributed by atoms with Gasteiger partial charge in [-0.1, -0.05) is 225 Å². The molecular weight excluding hydrogens is 819 g/mol. The molecule has 7 aromatic carbocycles. The van der Waals surface area contributed by atoms with Gasteiger partial charge in [0.2, 0.25) is 0 Å². The maximum absolute atomic E-state index is 2.68. The van der Waals surface area contributed by atoms with Gasteiger partial charge in [-0.15, -0.1) is 0 Å². The zero-order valence-electron chi connectivity index (χ0n) is 43.9. The number of benzene rings is 7. The van der Waals surface area contributed by atoms with Crippen molar-refractivity contribution >= 4 is 17.1 Å². The van der Waals surface area contributed by atoms with Crippen molar-refractivity contribution in [2.75, 3.05) is 4.90 Å². The molecule has 0 aliphatic heterocycles. The van der Waals surface area contributed by atoms with E-state index in [4.69, 9.17) is 0 Å². The van der Waals surface area contributed by atoms with Crippen molar-refractivity contribution in [3.05, 3.63) is 185 Å². The minimum Gasteiger partial charge on any atom is -0.310 e. The van der Waals surface area contributed by atoms with Crippen molar-refractivity contribution in [2.24, 2.45) is 0 Å². The number of anilines is 3. The molecule has 68 heavy (non-hydrogen) atoms. The van der Waals surface area contributed by atoms with Crippen LogP contribution < -0.4 is 4.90 Å². The second kappa shape index (κ2) is 17.4. The summed E-state index contributed by atoms with van der Waals surface area (Å²) in [5.74, 6) is 0.510. The topological polar surface area (TPSA) is 3.24 Å². The van der Waals surface area contributed by atoms with Crippen LogP contribution in [0.4, 0.5) is 17.1 Å². The van der Waals surface area contributed by atoms with E-state index in [1.165, 1.54) is 133 Å². The lowest BCUT2D eigenvalue weighted by atomic mass is 9.77. The summed E-state index contributed by atoms with van der Waals surface area (Å²) in [6.07, 6.45) is 6.35. The summed E-state index contributed by atoms with van der Waals surface area (Å²) < 4.78 is 0. The predicted octanol–water partition coefficient (Wildman–Crippen LogP) is 19.7. The largest absolute Gasteiger partial charge is 0.310 e. The molecule has 1 fully saturated rings. The number of hydrogen-bond donors (Lipinski definition) is 0. The Balaban J connectivity index is 1.40. The Bertz CT molecular complexity index is 2950. The van der Waals surface area contributed by atoms with E-state index in [-0.39, 0.29) is 27.1 Å². The molecule has 0 bridgehead atoms. The zero-order chi connectivity index (χ0) is 48.6. The molecule has 0 atom stereocenters. The molecule has 7 aromatic rings. The summed E-state index contributed by atoms with van der Waals surface area (Å²) in [4.78, 5) is 2.68. The molecule has 1 heteroatoms. The molecule has 2 aliphatic rings. The third-order valence-corrected chi connectivity index (χ3v) is 15.4. The Kier molecular flexibility index (Phi) is 12.1. The van der Waals surface area contributed by atoms with Gasteiger partial charge in [-0.25, -0.2) is 0 Å². The molecule has 9 rings (SSSR count). The lowest BCUT2D eigenvalue weighted by Crippen LogP contribution is -2.20. The highest BCUT2D eigenvalue weighted by molar-refractivity contribution is 5.99. The first-order valence-corrected chi connectivity index (χ1v) is 25.7. The summed E-state index contributed by atoms with van der Waals surface area (Å²) in [7, 11) is 0. The van der Waals surface area contributed by atoms with Crippen LogP contribution in [0.1, 0.15) is 174 Å². The quantitative estimate of drug-likeness (QED) is 0.154. The second-order valence-electron chi connectivity index (χ2n) is 25.0. The summed E-state index contributed by atoms with van der Waals surface area (Å²) in [6, 6.07) is 57.1. The third kappa shape index (κ3) is 9.04. The number of para-hydroxylation sites is 1. The van der Waals surface area contributed by atoms with Crippen LogP contribution in [0, 0.1) is 0 Å². The first-order chi connectivity index (χ1) is 32.0. The molecule has 0 amide bonds. The van der Waals surface area contributed by atoms with E-state index in [0.29, 0.717) is 5.92 Å². The number of rotatable bonds is 7. The summed E-state index contributed by atoms with van der Waals surface area (Å²) in [6.45, 7) is 33.2. The summed E-state index contributed by atoms with van der Waals surface area (Å²) >= 11 is 0. The molecule has 350 valence electrons. The van der Waals surface area contributed by atoms with E-state index >= 15 is 0 Å². The Morgan fingerprint density at radius 2 is 0.912 bits per heavy atom. The van der Waals surface area contributed by atoms with Crippen LogP contribution in [-0.4, -0.2) is 0 Å². The maximum atomic E-state index is 2.68. The van der Waals surface area contributed by atoms with Gasteiger partial charge in [0.1, 0.15) is 0 Å². The van der Waals surface area contributed by atoms with Crippen LogP contribution in [-0.2, 0) is 27.1 Å². The molecule has 1 saturated carbocycles. The SMILES string of the molecule is CC(C)(C)c1cc(-c2cc(C(C)(C)C)cc(C(C)(C)C)c2)cc(-c2cc(C(C)(C)C)cc(N(c3ccc4c(c3)C(C)(C)c3ccccc3-4)c3ccccc3C3CCCCC3)c2-c2ccccc2)c1.